The maximum Gasteiger partial charge on any atom is 0.341 e. The van der Waals surface area contributed by atoms with E-state index in [2.05, 4.69) is 34.9 Å². The van der Waals surface area contributed by atoms with E-state index in [1.165, 1.54) is 35.8 Å². The molecule has 43 heavy (non-hydrogen) atoms. The molecule has 2 amide bonds. The summed E-state index contributed by atoms with van der Waals surface area (Å²) in [4.78, 5) is 41.2. The fourth-order valence-electron chi connectivity index (χ4n) is 5.27. The number of carbonyl (C=O) groups is 3. The highest BCUT2D eigenvalue weighted by Crippen LogP contribution is 2.43. The monoisotopic (exact) mass is 614 g/mol. The van der Waals surface area contributed by atoms with E-state index in [-0.39, 0.29) is 11.8 Å². The van der Waals surface area contributed by atoms with Crippen molar-refractivity contribution < 1.29 is 23.9 Å². The summed E-state index contributed by atoms with van der Waals surface area (Å²) in [5, 5.41) is 6.13. The quantitative estimate of drug-likeness (QED) is 0.141. The Morgan fingerprint density at radius 1 is 0.977 bits per heavy atom. The lowest BCUT2D eigenvalue weighted by Gasteiger charge is -2.22. The van der Waals surface area contributed by atoms with Crippen molar-refractivity contribution in [1.29, 1.82) is 0 Å². The molecule has 0 spiro atoms. The first-order valence-corrected chi connectivity index (χ1v) is 15.9. The minimum Gasteiger partial charge on any atom is -0.497 e. The number of methoxy groups -OCH3 is 2. The fourth-order valence-corrected chi connectivity index (χ4v) is 7.61. The number of hydrogen-bond donors (Lipinski definition) is 2. The van der Waals surface area contributed by atoms with Crippen molar-refractivity contribution >= 4 is 51.6 Å². The molecule has 5 rings (SSSR count). The van der Waals surface area contributed by atoms with E-state index >= 15 is 0 Å². The molecule has 7 nitrogen and oxygen atoms in total. The lowest BCUT2D eigenvalue weighted by Crippen LogP contribution is -2.25. The number of amides is 2. The lowest BCUT2D eigenvalue weighted by molar-refractivity contribution is -0.115. The molecule has 0 radical (unpaired) electrons. The Hall–Kier alpha value is -4.08. The second-order valence-electron chi connectivity index (χ2n) is 10.3. The summed E-state index contributed by atoms with van der Waals surface area (Å²) in [6, 6.07) is 24.7. The van der Waals surface area contributed by atoms with Crippen LogP contribution >= 0.6 is 23.1 Å². The van der Waals surface area contributed by atoms with Gasteiger partial charge in [0.25, 0.3) is 5.91 Å². The first kappa shape index (κ1) is 30.4. The van der Waals surface area contributed by atoms with Crippen LogP contribution < -0.4 is 15.4 Å². The van der Waals surface area contributed by atoms with Crippen LogP contribution in [0.25, 0.3) is 0 Å². The van der Waals surface area contributed by atoms with E-state index < -0.39 is 11.2 Å². The normalized spacial score (nSPS) is 14.7. The zero-order valence-corrected chi connectivity index (χ0v) is 26.0. The van der Waals surface area contributed by atoms with Gasteiger partial charge < -0.3 is 20.1 Å². The van der Waals surface area contributed by atoms with E-state index in [1.807, 2.05) is 37.3 Å². The summed E-state index contributed by atoms with van der Waals surface area (Å²) in [5.41, 5.74) is 3.90. The molecule has 1 aliphatic rings. The minimum absolute atomic E-state index is 0.177. The molecular formula is C34H34N2O5S2. The van der Waals surface area contributed by atoms with Gasteiger partial charge in [-0.05, 0) is 85.2 Å². The number of hydrogen-bond acceptors (Lipinski definition) is 7. The van der Waals surface area contributed by atoms with Gasteiger partial charge in [0.2, 0.25) is 5.91 Å². The van der Waals surface area contributed by atoms with Crippen LogP contribution in [0, 0.1) is 0 Å². The van der Waals surface area contributed by atoms with Crippen molar-refractivity contribution in [1.82, 2.24) is 0 Å². The van der Waals surface area contributed by atoms with E-state index in [0.29, 0.717) is 39.9 Å². The first-order chi connectivity index (χ1) is 20.9. The third-order valence-corrected chi connectivity index (χ3v) is 10.1. The third kappa shape index (κ3) is 7.12. The maximum absolute atomic E-state index is 13.6. The molecule has 222 valence electrons. The molecular weight excluding hydrogens is 581 g/mol. The van der Waals surface area contributed by atoms with Crippen LogP contribution in [-0.4, -0.2) is 37.3 Å². The van der Waals surface area contributed by atoms with Crippen LogP contribution in [0.5, 0.6) is 5.75 Å². The van der Waals surface area contributed by atoms with Gasteiger partial charge in [-0.2, -0.15) is 0 Å². The van der Waals surface area contributed by atoms with Gasteiger partial charge >= 0.3 is 5.97 Å². The van der Waals surface area contributed by atoms with Crippen molar-refractivity contribution in [3.05, 3.63) is 106 Å². The van der Waals surface area contributed by atoms with Gasteiger partial charge in [-0.3, -0.25) is 9.59 Å². The van der Waals surface area contributed by atoms with Crippen molar-refractivity contribution in [3.63, 3.8) is 0 Å². The summed E-state index contributed by atoms with van der Waals surface area (Å²) >= 11 is 2.90. The minimum atomic E-state index is -0.424. The highest BCUT2D eigenvalue weighted by molar-refractivity contribution is 8.00. The van der Waals surface area contributed by atoms with Crippen molar-refractivity contribution in [2.24, 2.45) is 0 Å². The Bertz CT molecular complexity index is 1600. The molecule has 4 aromatic rings. The van der Waals surface area contributed by atoms with E-state index in [4.69, 9.17) is 9.47 Å². The number of ether oxygens (including phenoxy) is 2. The number of esters is 1. The smallest absolute Gasteiger partial charge is 0.341 e. The maximum atomic E-state index is 13.6. The Labute approximate surface area is 260 Å². The summed E-state index contributed by atoms with van der Waals surface area (Å²) < 4.78 is 10.3. The van der Waals surface area contributed by atoms with E-state index in [1.54, 1.807) is 31.4 Å². The molecule has 0 saturated heterocycles. The average Bonchev–Trinajstić information content (AvgIpc) is 3.40. The highest BCUT2D eigenvalue weighted by atomic mass is 32.2. The number of nitrogens with one attached hydrogen (secondary N) is 2. The number of carbonyl (C=O) groups excluding carboxylic acids is 3. The molecule has 2 atom stereocenters. The topological polar surface area (TPSA) is 93.7 Å². The molecule has 1 aromatic heterocycles. The highest BCUT2D eigenvalue weighted by Gasteiger charge is 2.31. The molecule has 3 aromatic carbocycles. The first-order valence-electron chi connectivity index (χ1n) is 14.2. The summed E-state index contributed by atoms with van der Waals surface area (Å²) in [5.74, 6) is 0.214. The van der Waals surface area contributed by atoms with Gasteiger partial charge in [0, 0.05) is 21.0 Å². The lowest BCUT2D eigenvalue weighted by atomic mass is 9.83. The van der Waals surface area contributed by atoms with Crippen LogP contribution in [-0.2, 0) is 22.4 Å². The molecule has 0 saturated carbocycles. The molecule has 0 aliphatic heterocycles. The fraction of sp³-hybridized carbons (Fsp3) is 0.265. The van der Waals surface area contributed by atoms with Gasteiger partial charge in [0.1, 0.15) is 10.8 Å². The van der Waals surface area contributed by atoms with Crippen molar-refractivity contribution in [2.75, 3.05) is 24.9 Å². The Kier molecular flexibility index (Phi) is 9.84. The van der Waals surface area contributed by atoms with Crippen molar-refractivity contribution in [2.45, 2.75) is 48.7 Å². The summed E-state index contributed by atoms with van der Waals surface area (Å²) in [6.45, 7) is 1.96. The molecule has 9 heteroatoms. The Balaban J connectivity index is 1.29. The third-order valence-electron chi connectivity index (χ3n) is 7.55. The molecule has 0 bridgehead atoms. The van der Waals surface area contributed by atoms with Crippen LogP contribution in [0.2, 0.25) is 0 Å². The zero-order chi connectivity index (χ0) is 30.3. The Morgan fingerprint density at radius 3 is 2.44 bits per heavy atom. The van der Waals surface area contributed by atoms with Crippen molar-refractivity contribution in [3.8, 4) is 5.75 Å². The largest absolute Gasteiger partial charge is 0.497 e. The van der Waals surface area contributed by atoms with E-state index in [9.17, 15) is 14.4 Å². The van der Waals surface area contributed by atoms with Crippen LogP contribution in [0.3, 0.4) is 0 Å². The molecule has 2 unspecified atom stereocenters. The number of benzene rings is 3. The molecule has 1 heterocycles. The average molecular weight is 615 g/mol. The number of rotatable bonds is 10. The predicted molar refractivity (Wildman–Crippen MR) is 173 cm³/mol. The predicted octanol–water partition coefficient (Wildman–Crippen LogP) is 7.58. The van der Waals surface area contributed by atoms with Crippen LogP contribution in [0.4, 0.5) is 10.7 Å². The second kappa shape index (κ2) is 13.9. The molecule has 2 N–H and O–H groups in total. The summed E-state index contributed by atoms with van der Waals surface area (Å²) in [6.07, 6.45) is 3.09. The SMILES string of the molecule is CCC(Sc1cccc(NC(=O)c2ccc(OC)cc2)c1)C(=O)Nc1sc2c(c1C(=O)OC)CCC(c1ccccc1)C2. The molecule has 1 aliphatic carbocycles. The van der Waals surface area contributed by atoms with Gasteiger partial charge in [0.15, 0.2) is 0 Å². The standard InChI is InChI=1S/C34H34N2O5S2/c1-4-28(42-26-12-8-11-24(20-26)35-31(37)22-13-16-25(40-2)17-14-22)32(38)36-33-30(34(39)41-3)27-18-15-23(19-29(27)43-33)21-9-6-5-7-10-21/h5-14,16-17,20,23,28H,4,15,18-19H2,1-3H3,(H,35,37)(H,36,38). The number of thiophene rings is 1. The molecule has 0 fully saturated rings. The van der Waals surface area contributed by atoms with Gasteiger partial charge in [0.05, 0.1) is 25.0 Å². The zero-order valence-electron chi connectivity index (χ0n) is 24.3. The van der Waals surface area contributed by atoms with Gasteiger partial charge in [-0.25, -0.2) is 4.79 Å². The second-order valence-corrected chi connectivity index (χ2v) is 12.6. The Morgan fingerprint density at radius 2 is 1.74 bits per heavy atom. The van der Waals surface area contributed by atoms with Crippen LogP contribution in [0.15, 0.2) is 83.8 Å². The van der Waals surface area contributed by atoms with Gasteiger partial charge in [-0.1, -0.05) is 43.3 Å². The summed E-state index contributed by atoms with van der Waals surface area (Å²) in [7, 11) is 2.95. The number of fused-ring (bicyclic) bond motifs is 1. The number of anilines is 2. The number of thioether (sulfide) groups is 1. The van der Waals surface area contributed by atoms with Gasteiger partial charge in [-0.15, -0.1) is 23.1 Å². The van der Waals surface area contributed by atoms with Crippen LogP contribution in [0.1, 0.15) is 62.4 Å². The van der Waals surface area contributed by atoms with E-state index in [0.717, 1.165) is 34.6 Å².